The van der Waals surface area contributed by atoms with Crippen molar-refractivity contribution >= 4 is 8.58 Å². The van der Waals surface area contributed by atoms with Crippen molar-refractivity contribution in [2.75, 3.05) is 19.5 Å². The standard InChI is InChI=1S/C10H16NP.CH5N.CH3/c11-9-12-8-4-7-10-5-2-1-3-6-10;1-2;/h1-3,5-6,12H,4,7-9,11H2;2H2,1H3;1H3. The molecule has 0 bridgehead atoms. The van der Waals surface area contributed by atoms with Gasteiger partial charge in [0.05, 0.1) is 0 Å². The van der Waals surface area contributed by atoms with E-state index in [4.69, 9.17) is 5.73 Å². The Balaban J connectivity index is 0. The molecular weight excluding hydrogens is 203 g/mol. The SMILES string of the molecule is CN.NCPCCCc1ccccc1.[CH3]. The predicted molar refractivity (Wildman–Crippen MR) is 73.5 cm³/mol. The molecule has 1 aromatic rings. The summed E-state index contributed by atoms with van der Waals surface area (Å²) < 4.78 is 0. The molecule has 0 heterocycles. The minimum atomic E-state index is 0. The van der Waals surface area contributed by atoms with Crippen LogP contribution in [-0.4, -0.2) is 19.5 Å². The van der Waals surface area contributed by atoms with Crippen molar-refractivity contribution in [1.82, 2.24) is 0 Å². The third-order valence-electron chi connectivity index (χ3n) is 1.81. The zero-order valence-electron chi connectivity index (χ0n) is 9.87. The van der Waals surface area contributed by atoms with Gasteiger partial charge >= 0.3 is 0 Å². The largest absolute Gasteiger partial charge is 0.333 e. The van der Waals surface area contributed by atoms with Crippen LogP contribution in [0.4, 0.5) is 0 Å². The lowest BCUT2D eigenvalue weighted by molar-refractivity contribution is 0.930. The third kappa shape index (κ3) is 9.86. The number of hydrogen-bond donors (Lipinski definition) is 2. The highest BCUT2D eigenvalue weighted by atomic mass is 31.1. The molecule has 2 nitrogen and oxygen atoms in total. The van der Waals surface area contributed by atoms with Crippen molar-refractivity contribution in [2.24, 2.45) is 11.5 Å². The van der Waals surface area contributed by atoms with E-state index in [1.54, 1.807) is 0 Å². The van der Waals surface area contributed by atoms with Gasteiger partial charge in [-0.25, -0.2) is 0 Å². The Bertz CT molecular complexity index is 202. The highest BCUT2D eigenvalue weighted by Crippen LogP contribution is 2.10. The van der Waals surface area contributed by atoms with E-state index in [-0.39, 0.29) is 7.43 Å². The Morgan fingerprint density at radius 2 is 1.73 bits per heavy atom. The van der Waals surface area contributed by atoms with Crippen LogP contribution in [0.25, 0.3) is 0 Å². The average molecular weight is 227 g/mol. The van der Waals surface area contributed by atoms with Crippen molar-refractivity contribution < 1.29 is 0 Å². The van der Waals surface area contributed by atoms with Crippen molar-refractivity contribution in [3.8, 4) is 0 Å². The summed E-state index contributed by atoms with van der Waals surface area (Å²) >= 11 is 0. The summed E-state index contributed by atoms with van der Waals surface area (Å²) in [4.78, 5) is 0. The molecule has 1 rings (SSSR count). The van der Waals surface area contributed by atoms with Gasteiger partial charge in [-0.3, -0.25) is 0 Å². The van der Waals surface area contributed by atoms with Gasteiger partial charge in [-0.15, -0.1) is 8.58 Å². The molecule has 1 unspecified atom stereocenters. The van der Waals surface area contributed by atoms with Gasteiger partial charge in [0.25, 0.3) is 0 Å². The topological polar surface area (TPSA) is 52.0 Å². The van der Waals surface area contributed by atoms with Crippen LogP contribution in [0.1, 0.15) is 12.0 Å². The fourth-order valence-corrected chi connectivity index (χ4v) is 1.80. The van der Waals surface area contributed by atoms with Crippen LogP contribution < -0.4 is 11.5 Å². The average Bonchev–Trinajstić information content (AvgIpc) is 2.29. The van der Waals surface area contributed by atoms with E-state index in [0.29, 0.717) is 0 Å². The van der Waals surface area contributed by atoms with Gasteiger partial charge in [-0.2, -0.15) is 0 Å². The van der Waals surface area contributed by atoms with Gasteiger partial charge in [0, 0.05) is 6.29 Å². The molecule has 87 valence electrons. The summed E-state index contributed by atoms with van der Waals surface area (Å²) in [6.45, 7) is 0. The first-order valence-electron chi connectivity index (χ1n) is 4.96. The number of aryl methyl sites for hydroxylation is 1. The van der Waals surface area contributed by atoms with E-state index in [1.807, 2.05) is 0 Å². The summed E-state index contributed by atoms with van der Waals surface area (Å²) in [6.07, 6.45) is 4.62. The molecular formula is C12H24N2P. The van der Waals surface area contributed by atoms with E-state index >= 15 is 0 Å². The van der Waals surface area contributed by atoms with Crippen molar-refractivity contribution in [3.63, 3.8) is 0 Å². The molecule has 1 aromatic carbocycles. The lowest BCUT2D eigenvalue weighted by Gasteiger charge is -1.99. The van der Waals surface area contributed by atoms with E-state index in [2.05, 4.69) is 36.1 Å². The Labute approximate surface area is 96.2 Å². The quantitative estimate of drug-likeness (QED) is 0.598. The maximum absolute atomic E-state index is 5.42. The molecule has 1 atom stereocenters. The fraction of sp³-hybridized carbons (Fsp3) is 0.417. The smallest absolute Gasteiger partial charge is 0.00988 e. The Morgan fingerprint density at radius 3 is 2.27 bits per heavy atom. The van der Waals surface area contributed by atoms with Gasteiger partial charge in [0.1, 0.15) is 0 Å². The normalized spacial score (nSPS) is 9.27. The summed E-state index contributed by atoms with van der Waals surface area (Å²) in [7, 11) is 2.44. The molecule has 1 radical (unpaired) electrons. The fourth-order valence-electron chi connectivity index (χ4n) is 1.16. The number of benzene rings is 1. The van der Waals surface area contributed by atoms with Crippen LogP contribution >= 0.6 is 8.58 Å². The van der Waals surface area contributed by atoms with Crippen LogP contribution in [0.2, 0.25) is 0 Å². The monoisotopic (exact) mass is 227 g/mol. The Morgan fingerprint density at radius 1 is 1.13 bits per heavy atom. The van der Waals surface area contributed by atoms with Crippen molar-refractivity contribution in [3.05, 3.63) is 43.3 Å². The second kappa shape index (κ2) is 13.6. The molecule has 0 aliphatic heterocycles. The summed E-state index contributed by atoms with van der Waals surface area (Å²) in [5.74, 6) is 0. The third-order valence-corrected chi connectivity index (χ3v) is 2.80. The van der Waals surface area contributed by atoms with E-state index in [9.17, 15) is 0 Å². The maximum atomic E-state index is 5.42. The molecule has 4 N–H and O–H groups in total. The molecule has 0 amide bonds. The van der Waals surface area contributed by atoms with Crippen molar-refractivity contribution in [2.45, 2.75) is 12.8 Å². The van der Waals surface area contributed by atoms with Crippen LogP contribution in [0.3, 0.4) is 0 Å². The molecule has 15 heavy (non-hydrogen) atoms. The molecule has 3 heteroatoms. The zero-order valence-corrected chi connectivity index (χ0v) is 10.9. The van der Waals surface area contributed by atoms with Gasteiger partial charge in [0.15, 0.2) is 0 Å². The van der Waals surface area contributed by atoms with E-state index in [0.717, 1.165) is 14.9 Å². The highest BCUT2D eigenvalue weighted by Gasteiger charge is 1.90. The lowest BCUT2D eigenvalue weighted by Crippen LogP contribution is -1.93. The van der Waals surface area contributed by atoms with Gasteiger partial charge in [0.2, 0.25) is 0 Å². The molecule has 0 aromatic heterocycles. The molecule has 0 fully saturated rings. The predicted octanol–water partition coefficient (Wildman–Crippen LogP) is 2.24. The molecule has 0 saturated heterocycles. The highest BCUT2D eigenvalue weighted by molar-refractivity contribution is 7.37. The molecule has 0 aliphatic rings. The van der Waals surface area contributed by atoms with Crippen LogP contribution in [-0.2, 0) is 6.42 Å². The van der Waals surface area contributed by atoms with Gasteiger partial charge < -0.3 is 11.5 Å². The minimum absolute atomic E-state index is 0. The molecule has 0 saturated carbocycles. The zero-order chi connectivity index (χ0) is 10.6. The Hall–Kier alpha value is -0.430. The number of hydrogen-bond acceptors (Lipinski definition) is 2. The lowest BCUT2D eigenvalue weighted by atomic mass is 10.1. The molecule has 0 aliphatic carbocycles. The number of nitrogens with two attached hydrogens (primary N) is 2. The van der Waals surface area contributed by atoms with Crippen LogP contribution in [0, 0.1) is 7.43 Å². The second-order valence-electron chi connectivity index (χ2n) is 2.79. The number of rotatable bonds is 5. The van der Waals surface area contributed by atoms with Crippen LogP contribution in [0.5, 0.6) is 0 Å². The first-order chi connectivity index (χ1) is 6.93. The maximum Gasteiger partial charge on any atom is 0.00988 e. The van der Waals surface area contributed by atoms with Gasteiger partial charge in [-0.1, -0.05) is 37.8 Å². The van der Waals surface area contributed by atoms with E-state index in [1.165, 1.54) is 31.6 Å². The summed E-state index contributed by atoms with van der Waals surface area (Å²) in [5.41, 5.74) is 11.4. The summed E-state index contributed by atoms with van der Waals surface area (Å²) in [5, 5.41) is 0. The summed E-state index contributed by atoms with van der Waals surface area (Å²) in [6, 6.07) is 10.6. The van der Waals surface area contributed by atoms with E-state index < -0.39 is 0 Å². The van der Waals surface area contributed by atoms with Gasteiger partial charge in [-0.05, 0) is 31.6 Å². The van der Waals surface area contributed by atoms with Crippen molar-refractivity contribution in [1.29, 1.82) is 0 Å². The minimum Gasteiger partial charge on any atom is -0.333 e. The first kappa shape index (κ1) is 17.0. The molecule has 0 spiro atoms. The Kier molecular flexibility index (Phi) is 15.4. The van der Waals surface area contributed by atoms with Crippen LogP contribution in [0.15, 0.2) is 30.3 Å². The second-order valence-corrected chi connectivity index (χ2v) is 4.20. The first-order valence-corrected chi connectivity index (χ1v) is 6.37.